The van der Waals surface area contributed by atoms with Crippen molar-refractivity contribution in [1.82, 2.24) is 14.9 Å². The summed E-state index contributed by atoms with van der Waals surface area (Å²) in [5.74, 6) is 1.22. The first-order chi connectivity index (χ1) is 12.5. The number of aliphatic hydroxyl groups is 1. The van der Waals surface area contributed by atoms with E-state index in [4.69, 9.17) is 4.74 Å². The molecule has 27 heavy (non-hydrogen) atoms. The SMILES string of the molecule is Cc1nc(C2CC3CN(C(=O)OC(C)(C)C)CC3C2)nc(CC(C)O)c1F. The highest BCUT2D eigenvalue weighted by atomic mass is 19.1. The quantitative estimate of drug-likeness (QED) is 0.873. The standard InChI is InChI=1S/C20H30FN3O3/c1-11(25)6-16-17(21)12(2)22-18(23-16)13-7-14-9-24(10-15(14)8-13)19(26)27-20(3,4)5/h11,13-15,25H,6-10H2,1-5H3. The van der Waals surface area contributed by atoms with Crippen LogP contribution in [-0.4, -0.2) is 50.9 Å². The number of carbonyl (C=O) groups excluding carboxylic acids is 1. The Bertz CT molecular complexity index is 703. The number of carbonyl (C=O) groups is 1. The van der Waals surface area contributed by atoms with Crippen LogP contribution in [0.3, 0.4) is 0 Å². The molecular formula is C20H30FN3O3. The number of aliphatic hydroxyl groups excluding tert-OH is 1. The molecule has 1 amide bonds. The van der Waals surface area contributed by atoms with Crippen molar-refractivity contribution >= 4 is 6.09 Å². The molecule has 2 aliphatic rings. The van der Waals surface area contributed by atoms with Crippen molar-refractivity contribution in [2.24, 2.45) is 11.8 Å². The van der Waals surface area contributed by atoms with Gasteiger partial charge in [0.05, 0.1) is 17.5 Å². The van der Waals surface area contributed by atoms with Crippen LogP contribution in [0.25, 0.3) is 0 Å². The van der Waals surface area contributed by atoms with Crippen LogP contribution in [0.15, 0.2) is 0 Å². The van der Waals surface area contributed by atoms with E-state index in [1.165, 1.54) is 0 Å². The molecule has 0 aromatic carbocycles. The first-order valence-corrected chi connectivity index (χ1v) is 9.72. The third-order valence-electron chi connectivity index (χ3n) is 5.36. The monoisotopic (exact) mass is 379 g/mol. The van der Waals surface area contributed by atoms with E-state index in [0.717, 1.165) is 12.8 Å². The van der Waals surface area contributed by atoms with Crippen LogP contribution >= 0.6 is 0 Å². The lowest BCUT2D eigenvalue weighted by Gasteiger charge is -2.25. The van der Waals surface area contributed by atoms with Crippen molar-refractivity contribution in [1.29, 1.82) is 0 Å². The lowest BCUT2D eigenvalue weighted by Crippen LogP contribution is -2.36. The lowest BCUT2D eigenvalue weighted by atomic mass is 10.0. The molecule has 3 unspecified atom stereocenters. The Balaban J connectivity index is 1.67. The molecule has 1 aliphatic carbocycles. The van der Waals surface area contributed by atoms with E-state index in [9.17, 15) is 14.3 Å². The average molecular weight is 379 g/mol. The van der Waals surface area contributed by atoms with E-state index in [2.05, 4.69) is 9.97 Å². The summed E-state index contributed by atoms with van der Waals surface area (Å²) >= 11 is 0. The molecule has 1 saturated carbocycles. The fourth-order valence-corrected chi connectivity index (χ4v) is 4.23. The second-order valence-corrected chi connectivity index (χ2v) is 9.05. The molecule has 0 bridgehead atoms. The van der Waals surface area contributed by atoms with Gasteiger partial charge in [0.1, 0.15) is 11.4 Å². The van der Waals surface area contributed by atoms with E-state index >= 15 is 0 Å². The lowest BCUT2D eigenvalue weighted by molar-refractivity contribution is 0.0279. The van der Waals surface area contributed by atoms with Gasteiger partial charge in [0, 0.05) is 25.4 Å². The summed E-state index contributed by atoms with van der Waals surface area (Å²) < 4.78 is 19.7. The van der Waals surface area contributed by atoms with Crippen molar-refractivity contribution in [2.45, 2.75) is 71.5 Å². The van der Waals surface area contributed by atoms with Crippen LogP contribution in [-0.2, 0) is 11.2 Å². The van der Waals surface area contributed by atoms with Gasteiger partial charge in [0.15, 0.2) is 5.82 Å². The number of rotatable bonds is 3. The molecule has 1 aromatic rings. The number of hydrogen-bond donors (Lipinski definition) is 1. The maximum atomic E-state index is 14.2. The molecule has 1 aromatic heterocycles. The molecule has 0 spiro atoms. The number of likely N-dealkylation sites (tertiary alicyclic amines) is 1. The minimum absolute atomic E-state index is 0.174. The Hall–Kier alpha value is -1.76. The minimum Gasteiger partial charge on any atom is -0.444 e. The Morgan fingerprint density at radius 1 is 1.30 bits per heavy atom. The van der Waals surface area contributed by atoms with Crippen molar-refractivity contribution in [3.63, 3.8) is 0 Å². The molecule has 1 aliphatic heterocycles. The highest BCUT2D eigenvalue weighted by Gasteiger charge is 2.44. The van der Waals surface area contributed by atoms with Gasteiger partial charge in [-0.2, -0.15) is 0 Å². The molecule has 2 fully saturated rings. The van der Waals surface area contributed by atoms with Gasteiger partial charge in [-0.05, 0) is 59.3 Å². The number of hydrogen-bond acceptors (Lipinski definition) is 5. The average Bonchev–Trinajstić information content (AvgIpc) is 3.08. The van der Waals surface area contributed by atoms with Gasteiger partial charge in [-0.25, -0.2) is 19.2 Å². The zero-order valence-electron chi connectivity index (χ0n) is 16.8. The van der Waals surface area contributed by atoms with Gasteiger partial charge < -0.3 is 14.7 Å². The van der Waals surface area contributed by atoms with Crippen molar-refractivity contribution < 1.29 is 19.0 Å². The summed E-state index contributed by atoms with van der Waals surface area (Å²) in [5.41, 5.74) is 0.139. The van der Waals surface area contributed by atoms with Crippen LogP contribution in [0.5, 0.6) is 0 Å². The Labute approximate surface area is 160 Å². The summed E-state index contributed by atoms with van der Waals surface area (Å²) in [7, 11) is 0. The van der Waals surface area contributed by atoms with E-state index in [1.54, 1.807) is 18.7 Å². The second-order valence-electron chi connectivity index (χ2n) is 9.05. The third kappa shape index (κ3) is 4.57. The van der Waals surface area contributed by atoms with Crippen LogP contribution in [0.4, 0.5) is 9.18 Å². The van der Waals surface area contributed by atoms with Gasteiger partial charge in [-0.15, -0.1) is 0 Å². The number of fused-ring (bicyclic) bond motifs is 1. The van der Waals surface area contributed by atoms with E-state index in [0.29, 0.717) is 42.1 Å². The van der Waals surface area contributed by atoms with Gasteiger partial charge in [0.2, 0.25) is 0 Å². The molecule has 2 heterocycles. The van der Waals surface area contributed by atoms with Gasteiger partial charge in [-0.1, -0.05) is 0 Å². The maximum absolute atomic E-state index is 14.2. The van der Waals surface area contributed by atoms with E-state index < -0.39 is 17.5 Å². The Morgan fingerprint density at radius 2 is 1.89 bits per heavy atom. The number of amides is 1. The second kappa shape index (κ2) is 7.34. The van der Waals surface area contributed by atoms with Crippen LogP contribution < -0.4 is 0 Å². The largest absolute Gasteiger partial charge is 0.444 e. The molecule has 1 N–H and O–H groups in total. The van der Waals surface area contributed by atoms with Crippen LogP contribution in [0.1, 0.15) is 63.7 Å². The first kappa shape index (κ1) is 20.0. The summed E-state index contributed by atoms with van der Waals surface area (Å²) in [6, 6.07) is 0. The van der Waals surface area contributed by atoms with Gasteiger partial charge in [0.25, 0.3) is 0 Å². The predicted molar refractivity (Wildman–Crippen MR) is 98.9 cm³/mol. The van der Waals surface area contributed by atoms with Crippen molar-refractivity contribution in [2.75, 3.05) is 13.1 Å². The number of aromatic nitrogens is 2. The zero-order valence-corrected chi connectivity index (χ0v) is 16.8. The molecule has 3 atom stereocenters. The van der Waals surface area contributed by atoms with Crippen molar-refractivity contribution in [3.8, 4) is 0 Å². The first-order valence-electron chi connectivity index (χ1n) is 9.72. The maximum Gasteiger partial charge on any atom is 0.410 e. The topological polar surface area (TPSA) is 75.6 Å². The molecule has 0 radical (unpaired) electrons. The summed E-state index contributed by atoms with van der Waals surface area (Å²) in [6.45, 7) is 10.3. The molecule has 7 heteroatoms. The van der Waals surface area contributed by atoms with Crippen molar-refractivity contribution in [3.05, 3.63) is 23.0 Å². The fourth-order valence-electron chi connectivity index (χ4n) is 4.23. The van der Waals surface area contributed by atoms with E-state index in [1.807, 2.05) is 20.8 Å². The molecule has 1 saturated heterocycles. The normalized spacial score (nSPS) is 26.2. The third-order valence-corrected chi connectivity index (χ3v) is 5.36. The summed E-state index contributed by atoms with van der Waals surface area (Å²) in [5, 5.41) is 9.59. The molecule has 150 valence electrons. The summed E-state index contributed by atoms with van der Waals surface area (Å²) in [4.78, 5) is 22.9. The van der Waals surface area contributed by atoms with Crippen LogP contribution in [0.2, 0.25) is 0 Å². The fraction of sp³-hybridized carbons (Fsp3) is 0.750. The predicted octanol–water partition coefficient (Wildman–Crippen LogP) is 3.21. The zero-order chi connectivity index (χ0) is 19.9. The molecular weight excluding hydrogens is 349 g/mol. The van der Waals surface area contributed by atoms with Crippen LogP contribution in [0, 0.1) is 24.6 Å². The Kier molecular flexibility index (Phi) is 5.43. The highest BCUT2D eigenvalue weighted by Crippen LogP contribution is 2.45. The number of nitrogens with zero attached hydrogens (tertiary/aromatic N) is 3. The molecule has 3 rings (SSSR count). The minimum atomic E-state index is -0.646. The number of ether oxygens (including phenoxy) is 1. The highest BCUT2D eigenvalue weighted by molar-refractivity contribution is 5.68. The van der Waals surface area contributed by atoms with Gasteiger partial charge >= 0.3 is 6.09 Å². The molecule has 6 nitrogen and oxygen atoms in total. The summed E-state index contributed by atoms with van der Waals surface area (Å²) in [6.07, 6.45) is 1.08. The van der Waals surface area contributed by atoms with Gasteiger partial charge in [-0.3, -0.25) is 0 Å². The number of aryl methyl sites for hydroxylation is 1. The Morgan fingerprint density at radius 3 is 2.41 bits per heavy atom. The number of halogens is 1. The van der Waals surface area contributed by atoms with E-state index in [-0.39, 0.29) is 18.4 Å². The smallest absolute Gasteiger partial charge is 0.410 e.